The number of rotatable bonds is 8. The van der Waals surface area contributed by atoms with Crippen molar-refractivity contribution < 1.29 is 0 Å². The average Bonchev–Trinajstić information content (AvgIpc) is 2.44. The number of nitrogens with zero attached hydrogens (tertiary/aromatic N) is 2. The molecule has 0 spiro atoms. The van der Waals surface area contributed by atoms with Crippen molar-refractivity contribution in [1.82, 2.24) is 9.88 Å². The van der Waals surface area contributed by atoms with Crippen molar-refractivity contribution in [2.45, 2.75) is 52.1 Å². The van der Waals surface area contributed by atoms with Gasteiger partial charge in [0.05, 0.1) is 5.69 Å². The van der Waals surface area contributed by atoms with E-state index in [0.29, 0.717) is 0 Å². The Labute approximate surface area is 111 Å². The highest BCUT2D eigenvalue weighted by Crippen LogP contribution is 2.26. The third-order valence-corrected chi connectivity index (χ3v) is 3.88. The van der Waals surface area contributed by atoms with Gasteiger partial charge in [-0.3, -0.25) is 9.88 Å². The summed E-state index contributed by atoms with van der Waals surface area (Å²) in [4.78, 5) is 6.91. The van der Waals surface area contributed by atoms with Crippen LogP contribution in [0.2, 0.25) is 0 Å². The number of hydrogen-bond donors (Lipinski definition) is 1. The zero-order valence-electron chi connectivity index (χ0n) is 12.0. The first-order valence-electron chi connectivity index (χ1n) is 7.07. The fourth-order valence-electron chi connectivity index (χ4n) is 2.70. The highest BCUT2D eigenvalue weighted by Gasteiger charge is 2.32. The summed E-state index contributed by atoms with van der Waals surface area (Å²) >= 11 is 0. The lowest BCUT2D eigenvalue weighted by Crippen LogP contribution is -2.53. The maximum atomic E-state index is 6.07. The van der Waals surface area contributed by atoms with E-state index in [9.17, 15) is 0 Å². The van der Waals surface area contributed by atoms with Crippen molar-refractivity contribution in [3.05, 3.63) is 30.1 Å². The standard InChI is InChI=1S/C15H27N3/c1-4-10-15(5-2,13-16)18(6-3)12-14-9-7-8-11-17-14/h7-9,11H,4-6,10,12-13,16H2,1-3H3. The van der Waals surface area contributed by atoms with Gasteiger partial charge in [0.25, 0.3) is 0 Å². The molecule has 102 valence electrons. The summed E-state index contributed by atoms with van der Waals surface area (Å²) in [6.07, 6.45) is 5.28. The molecule has 18 heavy (non-hydrogen) atoms. The Morgan fingerprint density at radius 3 is 2.50 bits per heavy atom. The normalized spacial score (nSPS) is 14.7. The van der Waals surface area contributed by atoms with Crippen molar-refractivity contribution in [2.75, 3.05) is 13.1 Å². The fraction of sp³-hybridized carbons (Fsp3) is 0.667. The molecular weight excluding hydrogens is 222 g/mol. The number of likely N-dealkylation sites (N-methyl/N-ethyl adjacent to an activating group) is 1. The summed E-state index contributed by atoms with van der Waals surface area (Å²) in [5.41, 5.74) is 7.33. The van der Waals surface area contributed by atoms with Crippen molar-refractivity contribution in [3.63, 3.8) is 0 Å². The predicted molar refractivity (Wildman–Crippen MR) is 77.3 cm³/mol. The molecule has 0 bridgehead atoms. The second kappa shape index (κ2) is 7.49. The monoisotopic (exact) mass is 249 g/mol. The summed E-state index contributed by atoms with van der Waals surface area (Å²) in [5, 5.41) is 0. The predicted octanol–water partition coefficient (Wildman–Crippen LogP) is 2.81. The Morgan fingerprint density at radius 2 is 2.06 bits per heavy atom. The lowest BCUT2D eigenvalue weighted by Gasteiger charge is -2.42. The Balaban J connectivity index is 2.85. The molecular formula is C15H27N3. The maximum Gasteiger partial charge on any atom is 0.0544 e. The molecule has 0 aromatic carbocycles. The second-order valence-corrected chi connectivity index (χ2v) is 4.87. The zero-order valence-corrected chi connectivity index (χ0v) is 12.0. The molecule has 2 N–H and O–H groups in total. The SMILES string of the molecule is CCCC(CC)(CN)N(CC)Cc1ccccn1. The van der Waals surface area contributed by atoms with E-state index in [-0.39, 0.29) is 5.54 Å². The average molecular weight is 249 g/mol. The van der Waals surface area contributed by atoms with Crippen LogP contribution in [-0.2, 0) is 6.54 Å². The third-order valence-electron chi connectivity index (χ3n) is 3.88. The molecule has 0 saturated carbocycles. The molecule has 0 aliphatic carbocycles. The quantitative estimate of drug-likeness (QED) is 0.770. The maximum absolute atomic E-state index is 6.07. The summed E-state index contributed by atoms with van der Waals surface area (Å²) in [6, 6.07) is 6.10. The highest BCUT2D eigenvalue weighted by molar-refractivity contribution is 5.05. The van der Waals surface area contributed by atoms with Gasteiger partial charge in [0.1, 0.15) is 0 Å². The Kier molecular flexibility index (Phi) is 6.30. The molecule has 3 heteroatoms. The smallest absolute Gasteiger partial charge is 0.0544 e. The van der Waals surface area contributed by atoms with Crippen LogP contribution in [0, 0.1) is 0 Å². The van der Waals surface area contributed by atoms with Crippen LogP contribution in [0.3, 0.4) is 0 Å². The van der Waals surface area contributed by atoms with Crippen molar-refractivity contribution in [3.8, 4) is 0 Å². The lowest BCUT2D eigenvalue weighted by atomic mass is 9.88. The Morgan fingerprint density at radius 1 is 1.28 bits per heavy atom. The van der Waals surface area contributed by atoms with Crippen LogP contribution in [0.4, 0.5) is 0 Å². The van der Waals surface area contributed by atoms with E-state index in [1.165, 1.54) is 6.42 Å². The van der Waals surface area contributed by atoms with E-state index in [4.69, 9.17) is 5.73 Å². The van der Waals surface area contributed by atoms with Crippen LogP contribution >= 0.6 is 0 Å². The largest absolute Gasteiger partial charge is 0.329 e. The van der Waals surface area contributed by atoms with Crippen LogP contribution in [0.15, 0.2) is 24.4 Å². The third kappa shape index (κ3) is 3.53. The molecule has 1 aromatic heterocycles. The molecule has 3 nitrogen and oxygen atoms in total. The number of nitrogens with two attached hydrogens (primary N) is 1. The molecule has 1 rings (SSSR count). The number of hydrogen-bond acceptors (Lipinski definition) is 3. The van der Waals surface area contributed by atoms with Crippen molar-refractivity contribution in [1.29, 1.82) is 0 Å². The van der Waals surface area contributed by atoms with Crippen LogP contribution in [-0.4, -0.2) is 28.5 Å². The first-order chi connectivity index (χ1) is 8.72. The van der Waals surface area contributed by atoms with E-state index in [1.54, 1.807) is 0 Å². The Bertz CT molecular complexity index is 320. The van der Waals surface area contributed by atoms with Crippen LogP contribution < -0.4 is 5.73 Å². The van der Waals surface area contributed by atoms with Crippen LogP contribution in [0.5, 0.6) is 0 Å². The molecule has 1 unspecified atom stereocenters. The van der Waals surface area contributed by atoms with E-state index < -0.39 is 0 Å². The molecule has 0 aliphatic heterocycles. The van der Waals surface area contributed by atoms with Gasteiger partial charge in [-0.25, -0.2) is 0 Å². The zero-order chi connectivity index (χ0) is 13.4. The minimum Gasteiger partial charge on any atom is -0.329 e. The molecule has 0 aliphatic rings. The minimum absolute atomic E-state index is 0.126. The van der Waals surface area contributed by atoms with Gasteiger partial charge in [-0.2, -0.15) is 0 Å². The van der Waals surface area contributed by atoms with Crippen LogP contribution in [0.1, 0.15) is 45.7 Å². The van der Waals surface area contributed by atoms with Crippen molar-refractivity contribution >= 4 is 0 Å². The minimum atomic E-state index is 0.126. The van der Waals surface area contributed by atoms with E-state index in [2.05, 4.69) is 36.7 Å². The first-order valence-corrected chi connectivity index (χ1v) is 7.07. The fourth-order valence-corrected chi connectivity index (χ4v) is 2.70. The van der Waals surface area contributed by atoms with Gasteiger partial charge in [-0.1, -0.05) is 33.3 Å². The topological polar surface area (TPSA) is 42.1 Å². The number of aromatic nitrogens is 1. The summed E-state index contributed by atoms with van der Waals surface area (Å²) in [7, 11) is 0. The molecule has 0 fully saturated rings. The van der Waals surface area contributed by atoms with Gasteiger partial charge in [-0.05, 0) is 31.5 Å². The molecule has 0 saturated heterocycles. The summed E-state index contributed by atoms with van der Waals surface area (Å²) in [6.45, 7) is 9.30. The van der Waals surface area contributed by atoms with Gasteiger partial charge in [-0.15, -0.1) is 0 Å². The molecule has 1 aromatic rings. The second-order valence-electron chi connectivity index (χ2n) is 4.87. The highest BCUT2D eigenvalue weighted by atomic mass is 15.2. The molecule has 0 radical (unpaired) electrons. The van der Waals surface area contributed by atoms with Gasteiger partial charge in [0.15, 0.2) is 0 Å². The molecule has 0 amide bonds. The first kappa shape index (κ1) is 15.1. The summed E-state index contributed by atoms with van der Waals surface area (Å²) in [5.74, 6) is 0. The van der Waals surface area contributed by atoms with Gasteiger partial charge in [0, 0.05) is 24.8 Å². The van der Waals surface area contributed by atoms with Crippen LogP contribution in [0.25, 0.3) is 0 Å². The van der Waals surface area contributed by atoms with E-state index in [0.717, 1.165) is 38.2 Å². The van der Waals surface area contributed by atoms with Crippen molar-refractivity contribution in [2.24, 2.45) is 5.73 Å². The van der Waals surface area contributed by atoms with E-state index in [1.807, 2.05) is 18.3 Å². The molecule has 1 atom stereocenters. The Hall–Kier alpha value is -0.930. The molecule has 1 heterocycles. The van der Waals surface area contributed by atoms with Gasteiger partial charge >= 0.3 is 0 Å². The van der Waals surface area contributed by atoms with E-state index >= 15 is 0 Å². The van der Waals surface area contributed by atoms with Gasteiger partial charge < -0.3 is 5.73 Å². The summed E-state index contributed by atoms with van der Waals surface area (Å²) < 4.78 is 0. The number of pyridine rings is 1. The lowest BCUT2D eigenvalue weighted by molar-refractivity contribution is 0.0761. The van der Waals surface area contributed by atoms with Gasteiger partial charge in [0.2, 0.25) is 0 Å².